The highest BCUT2D eigenvalue weighted by Gasteiger charge is 2.28. The minimum absolute atomic E-state index is 0.127. The van der Waals surface area contributed by atoms with E-state index in [1.54, 1.807) is 12.1 Å². The maximum Gasteiger partial charge on any atom is 0.224 e. The van der Waals surface area contributed by atoms with E-state index in [2.05, 4.69) is 26.3 Å². The first-order chi connectivity index (χ1) is 13.1. The number of aliphatic imine (C=N–C) groups is 1. The van der Waals surface area contributed by atoms with Crippen LogP contribution >= 0.6 is 0 Å². The first-order valence-electron chi connectivity index (χ1n) is 9.39. The molecule has 0 saturated heterocycles. The lowest BCUT2D eigenvalue weighted by molar-refractivity contribution is -0.122. The number of hydrogen-bond donors (Lipinski definition) is 4. The van der Waals surface area contributed by atoms with Gasteiger partial charge in [-0.1, -0.05) is 12.1 Å². The molecule has 0 bridgehead atoms. The summed E-state index contributed by atoms with van der Waals surface area (Å²) in [6.45, 7) is 4.66. The maximum absolute atomic E-state index is 12.9. The van der Waals surface area contributed by atoms with Gasteiger partial charge in [-0.2, -0.15) is 0 Å². The molecule has 0 aliphatic heterocycles. The summed E-state index contributed by atoms with van der Waals surface area (Å²) in [6.07, 6.45) is 2.20. The second kappa shape index (κ2) is 11.2. The van der Waals surface area contributed by atoms with E-state index < -0.39 is 0 Å². The van der Waals surface area contributed by atoms with Crippen molar-refractivity contribution < 1.29 is 14.0 Å². The molecule has 0 radical (unpaired) electrons. The molecule has 1 aromatic carbocycles. The zero-order chi connectivity index (χ0) is 19.5. The lowest BCUT2D eigenvalue weighted by Gasteiger charge is -2.12. The molecule has 0 heterocycles. The maximum atomic E-state index is 12.9. The number of nitrogens with zero attached hydrogens (tertiary/aromatic N) is 1. The molecule has 1 aliphatic rings. The fraction of sp³-hybridized carbons (Fsp3) is 0.526. The third-order valence-electron chi connectivity index (χ3n) is 3.99. The Bertz CT molecular complexity index is 644. The molecule has 0 unspecified atom stereocenters. The Hall–Kier alpha value is -2.64. The van der Waals surface area contributed by atoms with Gasteiger partial charge in [-0.3, -0.25) is 14.6 Å². The van der Waals surface area contributed by atoms with Gasteiger partial charge in [-0.25, -0.2) is 4.39 Å². The molecule has 7 nitrogen and oxygen atoms in total. The van der Waals surface area contributed by atoms with E-state index in [0.29, 0.717) is 32.1 Å². The first-order valence-corrected chi connectivity index (χ1v) is 9.39. The number of carbonyl (C=O) groups excluding carboxylic acids is 2. The van der Waals surface area contributed by atoms with Gasteiger partial charge >= 0.3 is 0 Å². The molecule has 1 fully saturated rings. The van der Waals surface area contributed by atoms with E-state index in [1.807, 2.05) is 6.92 Å². The summed E-state index contributed by atoms with van der Waals surface area (Å²) in [5.41, 5.74) is 0.764. The summed E-state index contributed by atoms with van der Waals surface area (Å²) in [5, 5.41) is 11.9. The molecule has 27 heavy (non-hydrogen) atoms. The van der Waals surface area contributed by atoms with Crippen LogP contribution in [0.4, 0.5) is 4.39 Å². The van der Waals surface area contributed by atoms with E-state index in [1.165, 1.54) is 12.1 Å². The van der Waals surface area contributed by atoms with Crippen molar-refractivity contribution in [3.05, 3.63) is 35.6 Å². The standard InChI is InChI=1S/C19H28FN5O2/c1-2-21-19(25-12-10-23-18(27)15-5-6-15)24-11-9-22-17(26)13-14-3-7-16(20)8-4-14/h3-4,7-8,15H,2,5-6,9-13H2,1H3,(H,22,26)(H,23,27)(H2,21,24,25). The van der Waals surface area contributed by atoms with Gasteiger partial charge in [0.2, 0.25) is 11.8 Å². The van der Waals surface area contributed by atoms with Crippen LogP contribution in [0.3, 0.4) is 0 Å². The quantitative estimate of drug-likeness (QED) is 0.272. The highest BCUT2D eigenvalue weighted by atomic mass is 19.1. The molecule has 2 rings (SSSR count). The van der Waals surface area contributed by atoms with Crippen molar-refractivity contribution in [2.45, 2.75) is 26.2 Å². The summed E-state index contributed by atoms with van der Waals surface area (Å²) in [6, 6.07) is 5.88. The van der Waals surface area contributed by atoms with Crippen LogP contribution in [0.2, 0.25) is 0 Å². The van der Waals surface area contributed by atoms with Crippen LogP contribution in [0.5, 0.6) is 0 Å². The van der Waals surface area contributed by atoms with Gasteiger partial charge in [0.15, 0.2) is 5.96 Å². The Morgan fingerprint density at radius 1 is 1.04 bits per heavy atom. The number of hydrogen-bond acceptors (Lipinski definition) is 3. The molecule has 4 N–H and O–H groups in total. The third kappa shape index (κ3) is 8.52. The number of carbonyl (C=O) groups is 2. The lowest BCUT2D eigenvalue weighted by Crippen LogP contribution is -2.42. The summed E-state index contributed by atoms with van der Waals surface area (Å²) < 4.78 is 12.9. The Kier molecular flexibility index (Phi) is 8.54. The Morgan fingerprint density at radius 3 is 2.41 bits per heavy atom. The van der Waals surface area contributed by atoms with Gasteiger partial charge in [0.05, 0.1) is 13.0 Å². The van der Waals surface area contributed by atoms with E-state index in [0.717, 1.165) is 24.9 Å². The van der Waals surface area contributed by atoms with Crippen molar-refractivity contribution in [2.75, 3.05) is 32.7 Å². The van der Waals surface area contributed by atoms with Gasteiger partial charge < -0.3 is 21.3 Å². The lowest BCUT2D eigenvalue weighted by atomic mass is 10.1. The highest BCUT2D eigenvalue weighted by Crippen LogP contribution is 2.28. The fourth-order valence-corrected chi connectivity index (χ4v) is 2.41. The summed E-state index contributed by atoms with van der Waals surface area (Å²) in [7, 11) is 0. The van der Waals surface area contributed by atoms with Crippen molar-refractivity contribution in [3.63, 3.8) is 0 Å². The van der Waals surface area contributed by atoms with E-state index >= 15 is 0 Å². The Morgan fingerprint density at radius 2 is 1.74 bits per heavy atom. The SMILES string of the molecule is CCNC(=NCCNC(=O)Cc1ccc(F)cc1)NCCNC(=O)C1CC1. The van der Waals surface area contributed by atoms with Crippen molar-refractivity contribution in [3.8, 4) is 0 Å². The molecule has 0 spiro atoms. The van der Waals surface area contributed by atoms with Gasteiger partial charge in [-0.15, -0.1) is 0 Å². The number of nitrogens with one attached hydrogen (secondary N) is 4. The second-order valence-electron chi connectivity index (χ2n) is 6.41. The van der Waals surface area contributed by atoms with Crippen molar-refractivity contribution in [1.29, 1.82) is 0 Å². The van der Waals surface area contributed by atoms with Gasteiger partial charge in [0, 0.05) is 32.1 Å². The van der Waals surface area contributed by atoms with Crippen LogP contribution in [0.1, 0.15) is 25.3 Å². The predicted molar refractivity (Wildman–Crippen MR) is 103 cm³/mol. The molecule has 1 aromatic rings. The topological polar surface area (TPSA) is 94.6 Å². The van der Waals surface area contributed by atoms with Crippen molar-refractivity contribution >= 4 is 17.8 Å². The fourth-order valence-electron chi connectivity index (χ4n) is 2.41. The van der Waals surface area contributed by atoms with Crippen LogP contribution in [0, 0.1) is 11.7 Å². The average Bonchev–Trinajstić information content (AvgIpc) is 3.49. The van der Waals surface area contributed by atoms with Crippen LogP contribution in [-0.2, 0) is 16.0 Å². The van der Waals surface area contributed by atoms with Gasteiger partial charge in [-0.05, 0) is 37.5 Å². The van der Waals surface area contributed by atoms with Gasteiger partial charge in [0.25, 0.3) is 0 Å². The molecule has 0 atom stereocenters. The number of amides is 2. The molecule has 1 aliphatic carbocycles. The molecular formula is C19H28FN5O2. The van der Waals surface area contributed by atoms with Crippen molar-refractivity contribution in [1.82, 2.24) is 21.3 Å². The monoisotopic (exact) mass is 377 g/mol. The van der Waals surface area contributed by atoms with Crippen LogP contribution in [-0.4, -0.2) is 50.5 Å². The molecule has 1 saturated carbocycles. The third-order valence-corrected chi connectivity index (χ3v) is 3.99. The van der Waals surface area contributed by atoms with E-state index in [4.69, 9.17) is 0 Å². The number of halogens is 1. The zero-order valence-electron chi connectivity index (χ0n) is 15.7. The van der Waals surface area contributed by atoms with Crippen LogP contribution in [0.15, 0.2) is 29.3 Å². The van der Waals surface area contributed by atoms with Crippen LogP contribution < -0.4 is 21.3 Å². The summed E-state index contributed by atoms with van der Waals surface area (Å²) >= 11 is 0. The van der Waals surface area contributed by atoms with E-state index in [9.17, 15) is 14.0 Å². The molecular weight excluding hydrogens is 349 g/mol. The number of rotatable bonds is 10. The predicted octanol–water partition coefficient (Wildman–Crippen LogP) is 0.566. The zero-order valence-corrected chi connectivity index (χ0v) is 15.7. The average molecular weight is 377 g/mol. The smallest absolute Gasteiger partial charge is 0.224 e. The Labute approximate surface area is 159 Å². The number of guanidine groups is 1. The largest absolute Gasteiger partial charge is 0.357 e. The summed E-state index contributed by atoms with van der Waals surface area (Å²) in [5.74, 6) is 0.542. The van der Waals surface area contributed by atoms with Gasteiger partial charge in [0.1, 0.15) is 5.82 Å². The summed E-state index contributed by atoms with van der Waals surface area (Å²) in [4.78, 5) is 27.8. The van der Waals surface area contributed by atoms with Crippen LogP contribution in [0.25, 0.3) is 0 Å². The first kappa shape index (κ1) is 20.7. The minimum Gasteiger partial charge on any atom is -0.357 e. The van der Waals surface area contributed by atoms with Crippen molar-refractivity contribution in [2.24, 2.45) is 10.9 Å². The molecule has 0 aromatic heterocycles. The highest BCUT2D eigenvalue weighted by molar-refractivity contribution is 5.81. The molecule has 2 amide bonds. The second-order valence-corrected chi connectivity index (χ2v) is 6.41. The number of benzene rings is 1. The normalized spacial score (nSPS) is 13.8. The molecule has 148 valence electrons. The van der Waals surface area contributed by atoms with E-state index in [-0.39, 0.29) is 30.0 Å². The molecule has 8 heteroatoms. The Balaban J connectivity index is 1.62. The minimum atomic E-state index is -0.316.